The van der Waals surface area contributed by atoms with Crippen LogP contribution in [-0.2, 0) is 6.54 Å². The van der Waals surface area contributed by atoms with E-state index in [0.29, 0.717) is 23.1 Å². The number of nitrogens with zero attached hydrogens (tertiary/aromatic N) is 1. The Hall–Kier alpha value is -1.87. The quantitative estimate of drug-likeness (QED) is 0.829. The Labute approximate surface area is 109 Å². The van der Waals surface area contributed by atoms with Crippen molar-refractivity contribution in [2.24, 2.45) is 0 Å². The van der Waals surface area contributed by atoms with Crippen LogP contribution in [0.4, 0.5) is 10.1 Å². The van der Waals surface area contributed by atoms with E-state index in [1.165, 1.54) is 12.1 Å². The summed E-state index contributed by atoms with van der Waals surface area (Å²) in [7, 11) is 0. The van der Waals surface area contributed by atoms with Crippen molar-refractivity contribution < 1.29 is 4.39 Å². The predicted octanol–water partition coefficient (Wildman–Crippen LogP) is 3.82. The second-order valence-electron chi connectivity index (χ2n) is 4.19. The van der Waals surface area contributed by atoms with E-state index in [4.69, 9.17) is 17.0 Å². The van der Waals surface area contributed by atoms with E-state index < -0.39 is 0 Å². The number of anilines is 1. The first-order valence-electron chi connectivity index (χ1n) is 5.56. The van der Waals surface area contributed by atoms with Crippen LogP contribution in [0.3, 0.4) is 0 Å². The average molecular weight is 261 g/mol. The normalized spacial score (nSPS) is 13.9. The molecule has 1 heterocycles. The molecule has 0 amide bonds. The topological polar surface area (TPSA) is 27.1 Å². The van der Waals surface area contributed by atoms with Gasteiger partial charge in [-0.05, 0) is 23.8 Å². The summed E-state index contributed by atoms with van der Waals surface area (Å²) < 4.78 is 13.8. The van der Waals surface area contributed by atoms with Gasteiger partial charge in [0.15, 0.2) is 0 Å². The third-order valence-corrected chi connectivity index (χ3v) is 3.30. The molecule has 90 valence electrons. The lowest BCUT2D eigenvalue weighted by Crippen LogP contribution is -2.24. The summed E-state index contributed by atoms with van der Waals surface area (Å²) in [6, 6.07) is 12.0. The van der Waals surface area contributed by atoms with Crippen molar-refractivity contribution in [1.82, 2.24) is 0 Å². The van der Waals surface area contributed by atoms with Gasteiger partial charge in [-0.2, -0.15) is 0 Å². The van der Waals surface area contributed by atoms with Gasteiger partial charge in [-0.3, -0.25) is 5.41 Å². The molecule has 18 heavy (non-hydrogen) atoms. The Kier molecular flexibility index (Phi) is 2.56. The Morgan fingerprint density at radius 2 is 1.94 bits per heavy atom. The second-order valence-corrected chi connectivity index (χ2v) is 4.62. The molecule has 2 aromatic carbocycles. The highest BCUT2D eigenvalue weighted by Gasteiger charge is 2.26. The molecule has 0 aromatic heterocycles. The largest absolute Gasteiger partial charge is 0.319 e. The Balaban J connectivity index is 2.06. The van der Waals surface area contributed by atoms with Gasteiger partial charge in [0, 0.05) is 10.6 Å². The van der Waals surface area contributed by atoms with Crippen LogP contribution in [-0.4, -0.2) is 5.84 Å². The molecule has 1 aliphatic heterocycles. The van der Waals surface area contributed by atoms with E-state index in [2.05, 4.69) is 0 Å². The zero-order valence-electron chi connectivity index (χ0n) is 9.45. The maximum atomic E-state index is 13.8. The summed E-state index contributed by atoms with van der Waals surface area (Å²) in [6.45, 7) is 0.506. The minimum absolute atomic E-state index is 0.312. The molecular formula is C14H10ClFN2. The second kappa shape index (κ2) is 4.10. The number of benzene rings is 2. The number of hydrogen-bond donors (Lipinski definition) is 1. The van der Waals surface area contributed by atoms with Crippen molar-refractivity contribution in [3.63, 3.8) is 0 Å². The molecule has 1 aliphatic rings. The fourth-order valence-electron chi connectivity index (χ4n) is 2.18. The molecule has 0 unspecified atom stereocenters. The molecule has 0 saturated carbocycles. The van der Waals surface area contributed by atoms with Crippen molar-refractivity contribution in [1.29, 1.82) is 5.41 Å². The average Bonchev–Trinajstić information content (AvgIpc) is 2.71. The Morgan fingerprint density at radius 3 is 2.72 bits per heavy atom. The fourth-order valence-corrected chi connectivity index (χ4v) is 2.35. The van der Waals surface area contributed by atoms with Gasteiger partial charge >= 0.3 is 0 Å². The predicted molar refractivity (Wildman–Crippen MR) is 70.9 cm³/mol. The molecule has 1 N–H and O–H groups in total. The zero-order chi connectivity index (χ0) is 12.7. The smallest absolute Gasteiger partial charge is 0.146 e. The van der Waals surface area contributed by atoms with Gasteiger partial charge in [-0.25, -0.2) is 4.39 Å². The number of hydrogen-bond acceptors (Lipinski definition) is 1. The van der Waals surface area contributed by atoms with E-state index in [9.17, 15) is 4.39 Å². The van der Waals surface area contributed by atoms with E-state index in [-0.39, 0.29) is 5.82 Å². The van der Waals surface area contributed by atoms with Crippen LogP contribution in [0.15, 0.2) is 42.5 Å². The van der Waals surface area contributed by atoms with Gasteiger partial charge in [0.2, 0.25) is 0 Å². The number of nitrogens with one attached hydrogen (secondary N) is 1. The van der Waals surface area contributed by atoms with Crippen LogP contribution >= 0.6 is 11.6 Å². The highest BCUT2D eigenvalue weighted by molar-refractivity contribution is 6.31. The van der Waals surface area contributed by atoms with E-state index >= 15 is 0 Å². The van der Waals surface area contributed by atoms with Crippen LogP contribution in [0, 0.1) is 11.2 Å². The summed E-state index contributed by atoms with van der Waals surface area (Å²) in [5, 5.41) is 8.58. The summed E-state index contributed by atoms with van der Waals surface area (Å²) in [6.07, 6.45) is 0. The van der Waals surface area contributed by atoms with E-state index in [1.807, 2.05) is 24.3 Å². The summed E-state index contributed by atoms with van der Waals surface area (Å²) in [4.78, 5) is 1.63. The van der Waals surface area contributed by atoms with Gasteiger partial charge < -0.3 is 4.90 Å². The molecule has 0 radical (unpaired) electrons. The van der Waals surface area contributed by atoms with E-state index in [1.54, 1.807) is 11.0 Å². The monoisotopic (exact) mass is 260 g/mol. The molecule has 3 rings (SSSR count). The van der Waals surface area contributed by atoms with Crippen LogP contribution in [0.25, 0.3) is 0 Å². The van der Waals surface area contributed by atoms with Crippen LogP contribution in [0.1, 0.15) is 11.1 Å². The lowest BCUT2D eigenvalue weighted by atomic mass is 10.1. The molecular weight excluding hydrogens is 251 g/mol. The van der Waals surface area contributed by atoms with E-state index in [0.717, 1.165) is 11.1 Å². The fraction of sp³-hybridized carbons (Fsp3) is 0.0714. The van der Waals surface area contributed by atoms with Gasteiger partial charge in [-0.1, -0.05) is 35.9 Å². The number of halogens is 2. The lowest BCUT2D eigenvalue weighted by Gasteiger charge is -2.18. The van der Waals surface area contributed by atoms with Crippen LogP contribution in [0.2, 0.25) is 5.02 Å². The first-order chi connectivity index (χ1) is 8.66. The molecule has 0 atom stereocenters. The molecule has 0 spiro atoms. The van der Waals surface area contributed by atoms with Crippen molar-refractivity contribution in [2.45, 2.75) is 6.54 Å². The summed E-state index contributed by atoms with van der Waals surface area (Å²) >= 11 is 5.89. The number of rotatable bonds is 1. The zero-order valence-corrected chi connectivity index (χ0v) is 10.2. The third kappa shape index (κ3) is 1.68. The molecule has 0 aliphatic carbocycles. The summed E-state index contributed by atoms with van der Waals surface area (Å²) in [5.74, 6) is -0.0521. The molecule has 0 bridgehead atoms. The van der Waals surface area contributed by atoms with Crippen molar-refractivity contribution >= 4 is 23.1 Å². The third-order valence-electron chi connectivity index (χ3n) is 3.07. The number of amidine groups is 1. The maximum absolute atomic E-state index is 13.8. The van der Waals surface area contributed by atoms with Gasteiger partial charge in [-0.15, -0.1) is 0 Å². The molecule has 2 aromatic rings. The maximum Gasteiger partial charge on any atom is 0.146 e. The van der Waals surface area contributed by atoms with Crippen LogP contribution < -0.4 is 4.90 Å². The van der Waals surface area contributed by atoms with Gasteiger partial charge in [0.05, 0.1) is 12.2 Å². The SMILES string of the molecule is N=C1c2ccccc2CN1c1cc(Cl)ccc1F. The number of fused-ring (bicyclic) bond motifs is 1. The highest BCUT2D eigenvalue weighted by Crippen LogP contribution is 2.31. The first kappa shape index (κ1) is 11.2. The van der Waals surface area contributed by atoms with Crippen molar-refractivity contribution in [2.75, 3.05) is 4.90 Å². The first-order valence-corrected chi connectivity index (χ1v) is 5.94. The highest BCUT2D eigenvalue weighted by atomic mass is 35.5. The Morgan fingerprint density at radius 1 is 1.17 bits per heavy atom. The molecule has 0 fully saturated rings. The molecule has 2 nitrogen and oxygen atoms in total. The van der Waals surface area contributed by atoms with Crippen LogP contribution in [0.5, 0.6) is 0 Å². The molecule has 0 saturated heterocycles. The minimum Gasteiger partial charge on any atom is -0.319 e. The minimum atomic E-state index is -0.364. The summed E-state index contributed by atoms with van der Waals surface area (Å²) in [5.41, 5.74) is 2.22. The van der Waals surface area contributed by atoms with Crippen molar-refractivity contribution in [3.8, 4) is 0 Å². The Bertz CT molecular complexity index is 639. The van der Waals surface area contributed by atoms with Gasteiger partial charge in [0.25, 0.3) is 0 Å². The standard InChI is InChI=1S/C14H10ClFN2/c15-10-5-6-12(16)13(7-10)18-8-9-3-1-2-4-11(9)14(18)17/h1-7,17H,8H2. The van der Waals surface area contributed by atoms with Gasteiger partial charge in [0.1, 0.15) is 11.7 Å². The molecule has 4 heteroatoms. The van der Waals surface area contributed by atoms with Crippen molar-refractivity contribution in [3.05, 3.63) is 64.4 Å². The lowest BCUT2D eigenvalue weighted by molar-refractivity contribution is 0.626.